The Labute approximate surface area is 117 Å². The molecule has 106 valence electrons. The van der Waals surface area contributed by atoms with E-state index < -0.39 is 11.6 Å². The van der Waals surface area contributed by atoms with Gasteiger partial charge in [-0.1, -0.05) is 0 Å². The van der Waals surface area contributed by atoms with Crippen molar-refractivity contribution >= 4 is 5.69 Å². The van der Waals surface area contributed by atoms with E-state index in [0.29, 0.717) is 5.56 Å². The minimum atomic E-state index is -0.591. The number of halogens is 2. The molecule has 0 radical (unpaired) electrons. The Bertz CT molecular complexity index is 620. The van der Waals surface area contributed by atoms with Crippen molar-refractivity contribution < 1.29 is 13.9 Å². The van der Waals surface area contributed by atoms with Crippen molar-refractivity contribution in [2.24, 2.45) is 0 Å². The van der Waals surface area contributed by atoms with E-state index in [0.717, 1.165) is 22.9 Å². The highest BCUT2D eigenvalue weighted by Gasteiger charge is 2.11. The largest absolute Gasteiger partial charge is 0.508 e. The molecule has 0 saturated carbocycles. The van der Waals surface area contributed by atoms with Gasteiger partial charge in [0.25, 0.3) is 0 Å². The van der Waals surface area contributed by atoms with Gasteiger partial charge in [0.1, 0.15) is 17.4 Å². The molecule has 0 fully saturated rings. The Morgan fingerprint density at radius 3 is 2.15 bits per heavy atom. The number of phenols is 1. The number of rotatable bonds is 3. The maximum absolute atomic E-state index is 13.2. The van der Waals surface area contributed by atoms with Gasteiger partial charge in [-0.3, -0.25) is 0 Å². The van der Waals surface area contributed by atoms with Gasteiger partial charge in [0.15, 0.2) is 0 Å². The van der Waals surface area contributed by atoms with Crippen LogP contribution in [0.15, 0.2) is 30.3 Å². The minimum absolute atomic E-state index is 0.234. The molecule has 2 aromatic carbocycles. The third-order valence-electron chi connectivity index (χ3n) is 3.30. The molecule has 0 aromatic heterocycles. The number of benzene rings is 2. The summed E-state index contributed by atoms with van der Waals surface area (Å²) in [5.41, 5.74) is 2.98. The first-order valence-electron chi connectivity index (χ1n) is 6.39. The lowest BCUT2D eigenvalue weighted by molar-refractivity contribution is 0.470. The normalized spacial score (nSPS) is 12.2. The highest BCUT2D eigenvalue weighted by Crippen LogP contribution is 2.28. The number of hydrogen-bond donors (Lipinski definition) is 2. The van der Waals surface area contributed by atoms with E-state index in [1.54, 1.807) is 13.0 Å². The second-order valence-corrected chi connectivity index (χ2v) is 5.02. The average Bonchev–Trinajstić information content (AvgIpc) is 2.34. The van der Waals surface area contributed by atoms with Crippen LogP contribution in [0.3, 0.4) is 0 Å². The lowest BCUT2D eigenvalue weighted by atomic mass is 10.1. The number of phenolic OH excluding ortho intramolecular Hbond substituents is 1. The monoisotopic (exact) mass is 277 g/mol. The molecule has 0 heterocycles. The zero-order valence-corrected chi connectivity index (χ0v) is 11.7. The molecule has 0 aliphatic heterocycles. The maximum atomic E-state index is 13.2. The molecule has 1 unspecified atom stereocenters. The van der Waals surface area contributed by atoms with E-state index in [4.69, 9.17) is 0 Å². The van der Waals surface area contributed by atoms with E-state index in [9.17, 15) is 13.9 Å². The quantitative estimate of drug-likeness (QED) is 0.812. The van der Waals surface area contributed by atoms with Gasteiger partial charge in [-0.05, 0) is 61.7 Å². The van der Waals surface area contributed by atoms with Crippen LogP contribution in [0.1, 0.15) is 29.7 Å². The third kappa shape index (κ3) is 3.07. The number of anilines is 1. The predicted molar refractivity (Wildman–Crippen MR) is 76.0 cm³/mol. The van der Waals surface area contributed by atoms with E-state index in [1.165, 1.54) is 12.1 Å². The first kappa shape index (κ1) is 14.3. The Morgan fingerprint density at radius 2 is 1.55 bits per heavy atom. The molecule has 0 aliphatic carbocycles. The summed E-state index contributed by atoms with van der Waals surface area (Å²) < 4.78 is 26.4. The van der Waals surface area contributed by atoms with E-state index >= 15 is 0 Å². The van der Waals surface area contributed by atoms with Crippen molar-refractivity contribution in [2.45, 2.75) is 26.8 Å². The molecule has 0 bridgehead atoms. The standard InChI is InChI=1S/C16H17F2NO/c1-9-5-16(20)10(2)4-15(9)19-11(3)12-6-13(17)8-14(18)7-12/h4-8,11,19-20H,1-3H3. The molecule has 0 amide bonds. The van der Waals surface area contributed by atoms with Crippen LogP contribution in [0.2, 0.25) is 0 Å². The number of aromatic hydroxyl groups is 1. The van der Waals surface area contributed by atoms with Crippen LogP contribution in [0.5, 0.6) is 5.75 Å². The summed E-state index contributed by atoms with van der Waals surface area (Å²) in [7, 11) is 0. The molecular formula is C16H17F2NO. The van der Waals surface area contributed by atoms with Crippen LogP contribution in [0.25, 0.3) is 0 Å². The third-order valence-corrected chi connectivity index (χ3v) is 3.30. The van der Waals surface area contributed by atoms with E-state index in [2.05, 4.69) is 5.32 Å². The molecule has 2 N–H and O–H groups in total. The van der Waals surface area contributed by atoms with Gasteiger partial charge < -0.3 is 10.4 Å². The highest BCUT2D eigenvalue weighted by atomic mass is 19.1. The zero-order chi connectivity index (χ0) is 14.9. The van der Waals surface area contributed by atoms with E-state index in [-0.39, 0.29) is 11.8 Å². The molecule has 20 heavy (non-hydrogen) atoms. The van der Waals surface area contributed by atoms with E-state index in [1.807, 2.05) is 19.9 Å². The molecule has 4 heteroatoms. The van der Waals surface area contributed by atoms with Crippen LogP contribution in [0.4, 0.5) is 14.5 Å². The van der Waals surface area contributed by atoms with Crippen molar-refractivity contribution in [3.05, 3.63) is 58.7 Å². The van der Waals surface area contributed by atoms with Gasteiger partial charge in [-0.25, -0.2) is 8.78 Å². The van der Waals surface area contributed by atoms with Gasteiger partial charge in [0.05, 0.1) is 0 Å². The van der Waals surface area contributed by atoms with Crippen LogP contribution >= 0.6 is 0 Å². The van der Waals surface area contributed by atoms with Crippen molar-refractivity contribution in [3.63, 3.8) is 0 Å². The van der Waals surface area contributed by atoms with Gasteiger partial charge in [-0.2, -0.15) is 0 Å². The first-order chi connectivity index (χ1) is 9.36. The van der Waals surface area contributed by atoms with Crippen LogP contribution in [-0.2, 0) is 0 Å². The predicted octanol–water partition coefficient (Wildman–Crippen LogP) is 4.46. The summed E-state index contributed by atoms with van der Waals surface area (Å²) in [5, 5.41) is 12.8. The topological polar surface area (TPSA) is 32.3 Å². The second kappa shape index (κ2) is 5.49. The summed E-state index contributed by atoms with van der Waals surface area (Å²) in [6.07, 6.45) is 0. The summed E-state index contributed by atoms with van der Waals surface area (Å²) in [5.74, 6) is -0.947. The summed E-state index contributed by atoms with van der Waals surface area (Å²) in [6.45, 7) is 5.49. The van der Waals surface area contributed by atoms with Gasteiger partial charge in [0.2, 0.25) is 0 Å². The Kier molecular flexibility index (Phi) is 3.93. The average molecular weight is 277 g/mol. The fraction of sp³-hybridized carbons (Fsp3) is 0.250. The van der Waals surface area contributed by atoms with Crippen molar-refractivity contribution in [2.75, 3.05) is 5.32 Å². The van der Waals surface area contributed by atoms with Crippen LogP contribution in [0, 0.1) is 25.5 Å². The summed E-state index contributed by atoms with van der Waals surface area (Å²) in [4.78, 5) is 0. The maximum Gasteiger partial charge on any atom is 0.126 e. The second-order valence-electron chi connectivity index (χ2n) is 5.02. The highest BCUT2D eigenvalue weighted by molar-refractivity contribution is 5.57. The number of aryl methyl sites for hydroxylation is 2. The fourth-order valence-electron chi connectivity index (χ4n) is 2.10. The Hall–Kier alpha value is -2.10. The first-order valence-corrected chi connectivity index (χ1v) is 6.39. The molecule has 0 spiro atoms. The van der Waals surface area contributed by atoms with Crippen LogP contribution in [-0.4, -0.2) is 5.11 Å². The number of nitrogens with one attached hydrogen (secondary N) is 1. The zero-order valence-electron chi connectivity index (χ0n) is 11.7. The van der Waals surface area contributed by atoms with Gasteiger partial charge >= 0.3 is 0 Å². The lowest BCUT2D eigenvalue weighted by Gasteiger charge is -2.18. The smallest absolute Gasteiger partial charge is 0.126 e. The van der Waals surface area contributed by atoms with Crippen molar-refractivity contribution in [1.29, 1.82) is 0 Å². The molecule has 2 rings (SSSR count). The Morgan fingerprint density at radius 1 is 0.950 bits per heavy atom. The lowest BCUT2D eigenvalue weighted by Crippen LogP contribution is -2.08. The molecular weight excluding hydrogens is 260 g/mol. The fourth-order valence-corrected chi connectivity index (χ4v) is 2.10. The molecule has 0 aliphatic rings. The number of hydrogen-bond acceptors (Lipinski definition) is 2. The SMILES string of the molecule is Cc1cc(NC(C)c2cc(F)cc(F)c2)c(C)cc1O. The summed E-state index contributed by atoms with van der Waals surface area (Å²) in [6, 6.07) is 6.70. The molecule has 2 nitrogen and oxygen atoms in total. The van der Waals surface area contributed by atoms with Crippen LogP contribution < -0.4 is 5.32 Å². The van der Waals surface area contributed by atoms with Gasteiger partial charge in [0, 0.05) is 17.8 Å². The van der Waals surface area contributed by atoms with Crippen molar-refractivity contribution in [1.82, 2.24) is 0 Å². The molecule has 0 saturated heterocycles. The van der Waals surface area contributed by atoms with Gasteiger partial charge in [-0.15, -0.1) is 0 Å². The summed E-state index contributed by atoms with van der Waals surface area (Å²) >= 11 is 0. The molecule has 1 atom stereocenters. The minimum Gasteiger partial charge on any atom is -0.508 e. The van der Waals surface area contributed by atoms with Crippen molar-refractivity contribution in [3.8, 4) is 5.75 Å². The molecule has 2 aromatic rings. The Balaban J connectivity index is 2.27.